The molecule has 0 spiro atoms. The second-order valence-corrected chi connectivity index (χ2v) is 4.34. The molecule has 0 aliphatic carbocycles. The van der Waals surface area contributed by atoms with Crippen LogP contribution in [0.5, 0.6) is 5.75 Å². The van der Waals surface area contributed by atoms with Crippen LogP contribution in [0.3, 0.4) is 0 Å². The van der Waals surface area contributed by atoms with Gasteiger partial charge in [-0.2, -0.15) is 5.48 Å². The maximum absolute atomic E-state index is 11.5. The van der Waals surface area contributed by atoms with Gasteiger partial charge in [0, 0.05) is 17.7 Å². The zero-order chi connectivity index (χ0) is 14.3. The third-order valence-electron chi connectivity index (χ3n) is 2.66. The van der Waals surface area contributed by atoms with Gasteiger partial charge in [-0.25, -0.2) is 0 Å². The summed E-state index contributed by atoms with van der Waals surface area (Å²) in [5.41, 5.74) is 4.18. The van der Waals surface area contributed by atoms with Crippen molar-refractivity contribution in [3.63, 3.8) is 0 Å². The predicted molar refractivity (Wildman–Crippen MR) is 74.8 cm³/mol. The fourth-order valence-electron chi connectivity index (χ4n) is 1.70. The molecule has 1 amide bonds. The zero-order valence-corrected chi connectivity index (χ0v) is 11.7. The van der Waals surface area contributed by atoms with Crippen LogP contribution in [0, 0.1) is 0 Å². The minimum Gasteiger partial charge on any atom is -0.508 e. The first kappa shape index (κ1) is 15.5. The fraction of sp³-hybridized carbons (Fsp3) is 0.500. The van der Waals surface area contributed by atoms with Gasteiger partial charge in [0.2, 0.25) is 5.91 Å². The summed E-state index contributed by atoms with van der Waals surface area (Å²) in [6, 6.07) is 4.84. The van der Waals surface area contributed by atoms with Crippen LogP contribution in [0.2, 0.25) is 0 Å². The minimum atomic E-state index is -0.164. The number of hydroxylamine groups is 1. The van der Waals surface area contributed by atoms with Crippen LogP contribution >= 0.6 is 0 Å². The molecule has 0 aliphatic rings. The van der Waals surface area contributed by atoms with Crippen LogP contribution in [0.15, 0.2) is 18.2 Å². The first-order valence-electron chi connectivity index (χ1n) is 6.58. The molecule has 0 aliphatic heterocycles. The molecule has 1 unspecified atom stereocenters. The number of benzene rings is 1. The smallest absolute Gasteiger partial charge is 0.224 e. The van der Waals surface area contributed by atoms with Crippen LogP contribution < -0.4 is 10.8 Å². The Morgan fingerprint density at radius 2 is 2.16 bits per heavy atom. The van der Waals surface area contributed by atoms with E-state index >= 15 is 0 Å². The number of phenols is 1. The molecular formula is C14H22N2O3. The minimum absolute atomic E-state index is 0.0236. The molecular weight excluding hydrogens is 244 g/mol. The molecule has 5 heteroatoms. The summed E-state index contributed by atoms with van der Waals surface area (Å²) in [4.78, 5) is 16.7. The second-order valence-electron chi connectivity index (χ2n) is 4.34. The Morgan fingerprint density at radius 3 is 2.79 bits per heavy atom. The molecule has 0 bridgehead atoms. The van der Waals surface area contributed by atoms with Gasteiger partial charge < -0.3 is 15.3 Å². The van der Waals surface area contributed by atoms with Gasteiger partial charge in [-0.3, -0.25) is 4.79 Å². The lowest BCUT2D eigenvalue weighted by Crippen LogP contribution is -2.19. The highest BCUT2D eigenvalue weighted by Crippen LogP contribution is 2.27. The van der Waals surface area contributed by atoms with E-state index in [1.807, 2.05) is 20.8 Å². The summed E-state index contributed by atoms with van der Waals surface area (Å²) in [7, 11) is 0. The number of amides is 1. The molecule has 19 heavy (non-hydrogen) atoms. The lowest BCUT2D eigenvalue weighted by atomic mass is 10.1. The topological polar surface area (TPSA) is 70.6 Å². The molecule has 0 radical (unpaired) electrons. The molecule has 1 atom stereocenters. The van der Waals surface area contributed by atoms with Gasteiger partial charge in [0.05, 0.1) is 12.6 Å². The molecule has 0 fully saturated rings. The van der Waals surface area contributed by atoms with Crippen molar-refractivity contribution in [2.45, 2.75) is 39.7 Å². The monoisotopic (exact) mass is 266 g/mol. The lowest BCUT2D eigenvalue weighted by molar-refractivity contribution is -0.116. The summed E-state index contributed by atoms with van der Waals surface area (Å²) < 4.78 is 0. The normalized spacial score (nSPS) is 12.2. The van der Waals surface area contributed by atoms with E-state index in [-0.39, 0.29) is 17.7 Å². The van der Waals surface area contributed by atoms with Gasteiger partial charge >= 0.3 is 0 Å². The fourth-order valence-corrected chi connectivity index (χ4v) is 1.70. The summed E-state index contributed by atoms with van der Waals surface area (Å²) in [5.74, 6) is 0.151. The standard InChI is InChI=1S/C14H22N2O3/c1-4-6-14(18)15-11-7-8-13(17)12(9-11)10(3)16-19-5-2/h7-10,16-17H,4-6H2,1-3H3,(H,15,18). The highest BCUT2D eigenvalue weighted by molar-refractivity contribution is 5.90. The lowest BCUT2D eigenvalue weighted by Gasteiger charge is -2.16. The van der Waals surface area contributed by atoms with Crippen LogP contribution in [0.4, 0.5) is 5.69 Å². The Bertz CT molecular complexity index is 421. The van der Waals surface area contributed by atoms with E-state index in [2.05, 4.69) is 10.8 Å². The number of carbonyl (C=O) groups excluding carboxylic acids is 1. The van der Waals surface area contributed by atoms with Crippen LogP contribution in [0.25, 0.3) is 0 Å². The van der Waals surface area contributed by atoms with Gasteiger partial charge in [0.25, 0.3) is 0 Å². The number of nitrogens with one attached hydrogen (secondary N) is 2. The van der Waals surface area contributed by atoms with Crippen molar-refractivity contribution >= 4 is 11.6 Å². The summed E-state index contributed by atoms with van der Waals surface area (Å²) in [6.07, 6.45) is 1.29. The Hall–Kier alpha value is -1.59. The Labute approximate surface area is 113 Å². The van der Waals surface area contributed by atoms with Crippen molar-refractivity contribution in [3.05, 3.63) is 23.8 Å². The SMILES string of the molecule is CCCC(=O)Nc1ccc(O)c(C(C)NOCC)c1. The number of phenolic OH excluding ortho intramolecular Hbond substituents is 1. The zero-order valence-electron chi connectivity index (χ0n) is 11.7. The number of anilines is 1. The van der Waals surface area contributed by atoms with Crippen LogP contribution in [0.1, 0.15) is 45.2 Å². The molecule has 0 heterocycles. The average Bonchev–Trinajstić information content (AvgIpc) is 2.38. The molecule has 0 saturated carbocycles. The van der Waals surface area contributed by atoms with Gasteiger partial charge in [0.1, 0.15) is 5.75 Å². The van der Waals surface area contributed by atoms with Gasteiger partial charge in [-0.05, 0) is 38.5 Å². The van der Waals surface area contributed by atoms with Crippen molar-refractivity contribution in [2.75, 3.05) is 11.9 Å². The number of hydrogen-bond acceptors (Lipinski definition) is 4. The van der Waals surface area contributed by atoms with E-state index in [4.69, 9.17) is 4.84 Å². The van der Waals surface area contributed by atoms with E-state index in [0.717, 1.165) is 6.42 Å². The third kappa shape index (κ3) is 4.89. The molecule has 1 aromatic carbocycles. The van der Waals surface area contributed by atoms with Crippen molar-refractivity contribution < 1.29 is 14.7 Å². The number of aromatic hydroxyl groups is 1. The van der Waals surface area contributed by atoms with Crippen molar-refractivity contribution in [1.29, 1.82) is 0 Å². The third-order valence-corrected chi connectivity index (χ3v) is 2.66. The molecule has 1 rings (SSSR count). The Kier molecular flexibility index (Phi) is 6.32. The second kappa shape index (κ2) is 7.76. The maximum atomic E-state index is 11.5. The van der Waals surface area contributed by atoms with Gasteiger partial charge in [0.15, 0.2) is 0 Å². The molecule has 0 aromatic heterocycles. The summed E-state index contributed by atoms with van der Waals surface area (Å²) in [6.45, 7) is 6.25. The molecule has 106 valence electrons. The van der Waals surface area contributed by atoms with E-state index in [1.165, 1.54) is 0 Å². The van der Waals surface area contributed by atoms with Crippen LogP contribution in [-0.2, 0) is 9.63 Å². The van der Waals surface area contributed by atoms with Crippen molar-refractivity contribution in [1.82, 2.24) is 5.48 Å². The number of carbonyl (C=O) groups is 1. The Balaban J connectivity index is 2.78. The quantitative estimate of drug-likeness (QED) is 0.524. The molecule has 3 N–H and O–H groups in total. The predicted octanol–water partition coefficient (Wildman–Crippen LogP) is 2.73. The van der Waals surface area contributed by atoms with Crippen LogP contribution in [-0.4, -0.2) is 17.6 Å². The molecule has 1 aromatic rings. The highest BCUT2D eigenvalue weighted by atomic mass is 16.6. The van der Waals surface area contributed by atoms with Crippen molar-refractivity contribution in [3.8, 4) is 5.75 Å². The average molecular weight is 266 g/mol. The molecule has 0 saturated heterocycles. The largest absolute Gasteiger partial charge is 0.508 e. The number of rotatable bonds is 7. The summed E-state index contributed by atoms with van der Waals surface area (Å²) in [5, 5.41) is 12.6. The van der Waals surface area contributed by atoms with E-state index in [9.17, 15) is 9.90 Å². The Morgan fingerprint density at radius 1 is 1.42 bits per heavy atom. The highest BCUT2D eigenvalue weighted by Gasteiger charge is 2.12. The van der Waals surface area contributed by atoms with E-state index in [0.29, 0.717) is 24.3 Å². The first-order chi connectivity index (χ1) is 9.08. The summed E-state index contributed by atoms with van der Waals surface area (Å²) >= 11 is 0. The maximum Gasteiger partial charge on any atom is 0.224 e. The van der Waals surface area contributed by atoms with Gasteiger partial charge in [-0.15, -0.1) is 0 Å². The van der Waals surface area contributed by atoms with E-state index in [1.54, 1.807) is 18.2 Å². The van der Waals surface area contributed by atoms with Crippen molar-refractivity contribution in [2.24, 2.45) is 0 Å². The number of hydrogen-bond donors (Lipinski definition) is 3. The first-order valence-corrected chi connectivity index (χ1v) is 6.58. The van der Waals surface area contributed by atoms with Gasteiger partial charge in [-0.1, -0.05) is 6.92 Å². The van der Waals surface area contributed by atoms with E-state index < -0.39 is 0 Å². The molecule has 5 nitrogen and oxygen atoms in total.